The van der Waals surface area contributed by atoms with Crippen LogP contribution in [0, 0.1) is 0 Å². The molecule has 18 heavy (non-hydrogen) atoms. The van der Waals surface area contributed by atoms with E-state index in [0.717, 1.165) is 52.0 Å². The van der Waals surface area contributed by atoms with Crippen LogP contribution < -0.4 is 11.1 Å². The number of rotatable bonds is 6. The molecule has 0 unspecified atom stereocenters. The van der Waals surface area contributed by atoms with Crippen molar-refractivity contribution in [1.29, 1.82) is 0 Å². The van der Waals surface area contributed by atoms with E-state index >= 15 is 0 Å². The first-order valence-electron chi connectivity index (χ1n) is 6.90. The number of aryl methyl sites for hydroxylation is 1. The lowest BCUT2D eigenvalue weighted by Crippen LogP contribution is -2.42. The molecule has 4 nitrogen and oxygen atoms in total. The maximum atomic E-state index is 5.89. The van der Waals surface area contributed by atoms with Gasteiger partial charge in [-0.05, 0) is 32.4 Å². The second kappa shape index (κ2) is 7.19. The SMILES string of the molecule is CCc1cnc(CNCCN2CCC(N)CC2)s1. The summed E-state index contributed by atoms with van der Waals surface area (Å²) in [5, 5.41) is 4.67. The van der Waals surface area contributed by atoms with Crippen LogP contribution in [0.5, 0.6) is 0 Å². The van der Waals surface area contributed by atoms with E-state index in [1.165, 1.54) is 9.88 Å². The van der Waals surface area contributed by atoms with Crippen LogP contribution in [-0.2, 0) is 13.0 Å². The maximum absolute atomic E-state index is 5.89. The average molecular weight is 268 g/mol. The van der Waals surface area contributed by atoms with Crippen LogP contribution in [0.15, 0.2) is 6.20 Å². The highest BCUT2D eigenvalue weighted by molar-refractivity contribution is 7.11. The second-order valence-corrected chi connectivity index (χ2v) is 6.13. The molecule has 1 aliphatic heterocycles. The number of aromatic nitrogens is 1. The molecular weight excluding hydrogens is 244 g/mol. The fourth-order valence-electron chi connectivity index (χ4n) is 2.20. The third kappa shape index (κ3) is 4.31. The minimum atomic E-state index is 0.428. The average Bonchev–Trinajstić information content (AvgIpc) is 2.85. The van der Waals surface area contributed by atoms with Crippen LogP contribution in [0.2, 0.25) is 0 Å². The zero-order valence-electron chi connectivity index (χ0n) is 11.2. The van der Waals surface area contributed by atoms with Gasteiger partial charge in [0, 0.05) is 36.8 Å². The quantitative estimate of drug-likeness (QED) is 0.762. The maximum Gasteiger partial charge on any atom is 0.107 e. The number of likely N-dealkylation sites (tertiary alicyclic amines) is 1. The Hall–Kier alpha value is -0.490. The highest BCUT2D eigenvalue weighted by Gasteiger charge is 2.14. The fourth-order valence-corrected chi connectivity index (χ4v) is 3.03. The lowest BCUT2D eigenvalue weighted by atomic mass is 10.1. The van der Waals surface area contributed by atoms with Gasteiger partial charge in [0.15, 0.2) is 0 Å². The van der Waals surface area contributed by atoms with Crippen LogP contribution in [0.3, 0.4) is 0 Å². The predicted molar refractivity (Wildman–Crippen MR) is 76.8 cm³/mol. The van der Waals surface area contributed by atoms with Gasteiger partial charge in [0.1, 0.15) is 5.01 Å². The molecule has 1 aliphatic rings. The van der Waals surface area contributed by atoms with Crippen molar-refractivity contribution in [3.05, 3.63) is 16.1 Å². The van der Waals surface area contributed by atoms with Gasteiger partial charge >= 0.3 is 0 Å². The predicted octanol–water partition coefficient (Wildman–Crippen LogP) is 1.22. The third-order valence-corrected chi connectivity index (χ3v) is 4.60. The topological polar surface area (TPSA) is 54.2 Å². The van der Waals surface area contributed by atoms with Gasteiger partial charge in [-0.15, -0.1) is 11.3 Å². The Morgan fingerprint density at radius 2 is 2.28 bits per heavy atom. The van der Waals surface area contributed by atoms with E-state index in [1.807, 2.05) is 17.5 Å². The molecule has 3 N–H and O–H groups in total. The first-order valence-corrected chi connectivity index (χ1v) is 7.72. The van der Waals surface area contributed by atoms with Crippen LogP contribution in [-0.4, -0.2) is 42.1 Å². The summed E-state index contributed by atoms with van der Waals surface area (Å²) in [5.74, 6) is 0. The van der Waals surface area contributed by atoms with Crippen molar-refractivity contribution in [3.63, 3.8) is 0 Å². The van der Waals surface area contributed by atoms with Gasteiger partial charge in [0.05, 0.1) is 0 Å². The molecule has 0 aromatic carbocycles. The van der Waals surface area contributed by atoms with Crippen LogP contribution in [0.1, 0.15) is 29.7 Å². The Balaban J connectivity index is 1.58. The number of nitrogens with two attached hydrogens (primary N) is 1. The summed E-state index contributed by atoms with van der Waals surface area (Å²) in [7, 11) is 0. The molecule has 102 valence electrons. The highest BCUT2D eigenvalue weighted by atomic mass is 32.1. The van der Waals surface area contributed by atoms with Crippen molar-refractivity contribution < 1.29 is 0 Å². The molecule has 5 heteroatoms. The van der Waals surface area contributed by atoms with E-state index in [1.54, 1.807) is 0 Å². The second-order valence-electron chi connectivity index (χ2n) is 4.93. The van der Waals surface area contributed by atoms with Crippen molar-refractivity contribution in [2.24, 2.45) is 5.73 Å². The Kier molecular flexibility index (Phi) is 5.56. The molecule has 0 atom stereocenters. The summed E-state index contributed by atoms with van der Waals surface area (Å²) in [6, 6.07) is 0.428. The van der Waals surface area contributed by atoms with E-state index in [0.29, 0.717) is 6.04 Å². The Morgan fingerprint density at radius 1 is 1.50 bits per heavy atom. The molecule has 0 saturated carbocycles. The van der Waals surface area contributed by atoms with Gasteiger partial charge < -0.3 is 16.0 Å². The van der Waals surface area contributed by atoms with E-state index in [2.05, 4.69) is 22.1 Å². The monoisotopic (exact) mass is 268 g/mol. The summed E-state index contributed by atoms with van der Waals surface area (Å²) >= 11 is 1.82. The standard InChI is InChI=1S/C13H24N4S/c1-2-12-9-16-13(18-12)10-15-5-8-17-6-3-11(14)4-7-17/h9,11,15H,2-8,10,14H2,1H3. The van der Waals surface area contributed by atoms with Crippen LogP contribution >= 0.6 is 11.3 Å². The Labute approximate surface area is 114 Å². The number of nitrogens with zero attached hydrogens (tertiary/aromatic N) is 2. The number of hydrogen-bond donors (Lipinski definition) is 2. The zero-order valence-corrected chi connectivity index (χ0v) is 12.0. The summed E-state index contributed by atoms with van der Waals surface area (Å²) in [6.45, 7) is 7.54. The van der Waals surface area contributed by atoms with Gasteiger partial charge in [-0.25, -0.2) is 4.98 Å². The van der Waals surface area contributed by atoms with E-state index in [-0.39, 0.29) is 0 Å². The van der Waals surface area contributed by atoms with Crippen molar-refractivity contribution in [2.75, 3.05) is 26.2 Å². The van der Waals surface area contributed by atoms with Crippen molar-refractivity contribution in [2.45, 2.75) is 38.8 Å². The van der Waals surface area contributed by atoms with Gasteiger partial charge in [0.25, 0.3) is 0 Å². The molecule has 1 aromatic rings. The lowest BCUT2D eigenvalue weighted by Gasteiger charge is -2.29. The molecule has 0 spiro atoms. The molecule has 2 heterocycles. The molecule has 2 rings (SSSR count). The minimum Gasteiger partial charge on any atom is -0.328 e. The molecule has 0 radical (unpaired) electrons. The first-order chi connectivity index (χ1) is 8.78. The van der Waals surface area contributed by atoms with Gasteiger partial charge in [0.2, 0.25) is 0 Å². The Bertz CT molecular complexity index is 345. The van der Waals surface area contributed by atoms with Crippen LogP contribution in [0.4, 0.5) is 0 Å². The highest BCUT2D eigenvalue weighted by Crippen LogP contribution is 2.12. The summed E-state index contributed by atoms with van der Waals surface area (Å²) in [6.07, 6.45) is 5.37. The lowest BCUT2D eigenvalue weighted by molar-refractivity contribution is 0.213. The zero-order chi connectivity index (χ0) is 12.8. The first kappa shape index (κ1) is 13.9. The number of nitrogens with one attached hydrogen (secondary N) is 1. The van der Waals surface area contributed by atoms with Gasteiger partial charge in [-0.3, -0.25) is 0 Å². The molecule has 1 saturated heterocycles. The molecule has 0 aliphatic carbocycles. The van der Waals surface area contributed by atoms with E-state index < -0.39 is 0 Å². The normalized spacial score (nSPS) is 18.3. The number of hydrogen-bond acceptors (Lipinski definition) is 5. The Morgan fingerprint density at radius 3 is 2.94 bits per heavy atom. The van der Waals surface area contributed by atoms with Crippen molar-refractivity contribution >= 4 is 11.3 Å². The van der Waals surface area contributed by atoms with Gasteiger partial charge in [-0.1, -0.05) is 6.92 Å². The summed E-state index contributed by atoms with van der Waals surface area (Å²) in [5.41, 5.74) is 5.89. The molecule has 0 bridgehead atoms. The van der Waals surface area contributed by atoms with Gasteiger partial charge in [-0.2, -0.15) is 0 Å². The van der Waals surface area contributed by atoms with E-state index in [4.69, 9.17) is 5.73 Å². The van der Waals surface area contributed by atoms with Crippen molar-refractivity contribution in [1.82, 2.24) is 15.2 Å². The smallest absolute Gasteiger partial charge is 0.107 e. The summed E-state index contributed by atoms with van der Waals surface area (Å²) < 4.78 is 0. The van der Waals surface area contributed by atoms with E-state index in [9.17, 15) is 0 Å². The molecular formula is C13H24N4S. The molecule has 1 aromatic heterocycles. The van der Waals surface area contributed by atoms with Crippen molar-refractivity contribution in [3.8, 4) is 0 Å². The largest absolute Gasteiger partial charge is 0.328 e. The molecule has 0 amide bonds. The number of piperidine rings is 1. The summed E-state index contributed by atoms with van der Waals surface area (Å²) in [4.78, 5) is 8.27. The molecule has 1 fully saturated rings. The third-order valence-electron chi connectivity index (χ3n) is 3.46. The minimum absolute atomic E-state index is 0.428. The van der Waals surface area contributed by atoms with Crippen LogP contribution in [0.25, 0.3) is 0 Å². The number of thiazole rings is 1. The fraction of sp³-hybridized carbons (Fsp3) is 0.769.